The van der Waals surface area contributed by atoms with E-state index in [9.17, 15) is 14.7 Å². The molecule has 1 aliphatic heterocycles. The molecule has 7 heteroatoms. The number of anilines is 1. The van der Waals surface area contributed by atoms with Crippen molar-refractivity contribution < 1.29 is 14.7 Å². The monoisotopic (exact) mass is 371 g/mol. The van der Waals surface area contributed by atoms with E-state index in [0.717, 1.165) is 10.6 Å². The van der Waals surface area contributed by atoms with Crippen LogP contribution in [0, 0.1) is 5.92 Å². The zero-order chi connectivity index (χ0) is 18.5. The molecule has 1 aromatic carbocycles. The number of nitrogens with zero attached hydrogens (tertiary/aromatic N) is 2. The first-order valence-corrected chi connectivity index (χ1v) is 9.61. The standard InChI is InChI=1S/C19H21N3O3S/c1-26-16-6-4-15(5-7-16)22-12-14(9-18(22)24)19(25)21-11-17(23)13-3-2-8-20-10-13/h2-8,10,14,17,23H,9,11-12H2,1H3,(H,21,25)/t14-,17-/m0/s1. The van der Waals surface area contributed by atoms with E-state index >= 15 is 0 Å². The molecule has 0 spiro atoms. The second-order valence-corrected chi connectivity index (χ2v) is 7.03. The molecular weight excluding hydrogens is 350 g/mol. The quantitative estimate of drug-likeness (QED) is 0.759. The second-order valence-electron chi connectivity index (χ2n) is 6.15. The fourth-order valence-electron chi connectivity index (χ4n) is 2.93. The predicted molar refractivity (Wildman–Crippen MR) is 101 cm³/mol. The maximum Gasteiger partial charge on any atom is 0.227 e. The Kier molecular flexibility index (Phi) is 5.90. The van der Waals surface area contributed by atoms with E-state index in [1.165, 1.54) is 0 Å². The van der Waals surface area contributed by atoms with Crippen molar-refractivity contribution in [3.63, 3.8) is 0 Å². The Morgan fingerprint density at radius 2 is 2.15 bits per heavy atom. The number of hydrogen-bond donors (Lipinski definition) is 2. The molecule has 2 N–H and O–H groups in total. The minimum atomic E-state index is -0.819. The van der Waals surface area contributed by atoms with Crippen molar-refractivity contribution in [2.45, 2.75) is 17.4 Å². The van der Waals surface area contributed by atoms with Crippen LogP contribution in [0.1, 0.15) is 18.1 Å². The Morgan fingerprint density at radius 1 is 1.38 bits per heavy atom. The van der Waals surface area contributed by atoms with E-state index in [4.69, 9.17) is 0 Å². The molecule has 1 saturated heterocycles. The Morgan fingerprint density at radius 3 is 2.81 bits per heavy atom. The molecular formula is C19H21N3O3S. The van der Waals surface area contributed by atoms with Crippen molar-refractivity contribution in [2.75, 3.05) is 24.2 Å². The summed E-state index contributed by atoms with van der Waals surface area (Å²) < 4.78 is 0. The van der Waals surface area contributed by atoms with Crippen molar-refractivity contribution in [1.29, 1.82) is 0 Å². The van der Waals surface area contributed by atoms with Gasteiger partial charge in [0.2, 0.25) is 11.8 Å². The summed E-state index contributed by atoms with van der Waals surface area (Å²) in [6.07, 6.45) is 4.55. The number of aliphatic hydroxyl groups excluding tert-OH is 1. The van der Waals surface area contributed by atoms with Crippen LogP contribution in [0.15, 0.2) is 53.7 Å². The smallest absolute Gasteiger partial charge is 0.227 e. The van der Waals surface area contributed by atoms with Crippen LogP contribution in [-0.4, -0.2) is 41.3 Å². The fourth-order valence-corrected chi connectivity index (χ4v) is 3.34. The summed E-state index contributed by atoms with van der Waals surface area (Å²) in [5.41, 5.74) is 1.45. The largest absolute Gasteiger partial charge is 0.387 e. The Hall–Kier alpha value is -2.38. The average molecular weight is 371 g/mol. The van der Waals surface area contributed by atoms with Gasteiger partial charge in [0.25, 0.3) is 0 Å². The van der Waals surface area contributed by atoms with Gasteiger partial charge in [0, 0.05) is 48.1 Å². The first kappa shape index (κ1) is 18.4. The minimum absolute atomic E-state index is 0.0603. The lowest BCUT2D eigenvalue weighted by Crippen LogP contribution is -2.35. The number of pyridine rings is 1. The summed E-state index contributed by atoms with van der Waals surface area (Å²) in [7, 11) is 0. The third-order valence-corrected chi connectivity index (χ3v) is 5.16. The molecule has 2 heterocycles. The van der Waals surface area contributed by atoms with Crippen molar-refractivity contribution in [3.05, 3.63) is 54.4 Å². The minimum Gasteiger partial charge on any atom is -0.387 e. The molecule has 3 rings (SSSR count). The Bertz CT molecular complexity index is 767. The zero-order valence-corrected chi connectivity index (χ0v) is 15.3. The summed E-state index contributed by atoms with van der Waals surface area (Å²) in [5, 5.41) is 12.8. The topological polar surface area (TPSA) is 82.5 Å². The number of aromatic nitrogens is 1. The number of hydrogen-bond acceptors (Lipinski definition) is 5. The van der Waals surface area contributed by atoms with Gasteiger partial charge in [-0.05, 0) is 36.6 Å². The first-order chi connectivity index (χ1) is 12.6. The SMILES string of the molecule is CSc1ccc(N2C[C@@H](C(=O)NC[C@H](O)c3cccnc3)CC2=O)cc1. The Balaban J connectivity index is 1.56. The molecule has 1 fully saturated rings. The fraction of sp³-hybridized carbons (Fsp3) is 0.316. The molecule has 0 bridgehead atoms. The van der Waals surface area contributed by atoms with Crippen LogP contribution in [0.5, 0.6) is 0 Å². The molecule has 6 nitrogen and oxygen atoms in total. The lowest BCUT2D eigenvalue weighted by atomic mass is 10.1. The van der Waals surface area contributed by atoms with E-state index in [2.05, 4.69) is 10.3 Å². The predicted octanol–water partition coefficient (Wildman–Crippen LogP) is 2.01. The lowest BCUT2D eigenvalue weighted by molar-refractivity contribution is -0.126. The van der Waals surface area contributed by atoms with Gasteiger partial charge in [-0.3, -0.25) is 14.6 Å². The summed E-state index contributed by atoms with van der Waals surface area (Å²) in [6, 6.07) is 11.2. The highest BCUT2D eigenvalue weighted by Crippen LogP contribution is 2.27. The molecule has 1 aliphatic rings. The van der Waals surface area contributed by atoms with Crippen LogP contribution in [-0.2, 0) is 9.59 Å². The molecule has 2 atom stereocenters. The molecule has 0 radical (unpaired) electrons. The van der Waals surface area contributed by atoms with E-state index in [-0.39, 0.29) is 24.8 Å². The number of nitrogens with one attached hydrogen (secondary N) is 1. The van der Waals surface area contributed by atoms with E-state index in [1.807, 2.05) is 30.5 Å². The number of rotatable bonds is 6. The average Bonchev–Trinajstić information content (AvgIpc) is 3.08. The molecule has 136 valence electrons. The van der Waals surface area contributed by atoms with Gasteiger partial charge in [0.1, 0.15) is 0 Å². The third kappa shape index (κ3) is 4.23. The lowest BCUT2D eigenvalue weighted by Gasteiger charge is -2.17. The van der Waals surface area contributed by atoms with Gasteiger partial charge >= 0.3 is 0 Å². The van der Waals surface area contributed by atoms with E-state index in [0.29, 0.717) is 12.1 Å². The number of carbonyl (C=O) groups excluding carboxylic acids is 2. The van der Waals surface area contributed by atoms with Gasteiger partial charge in [-0.1, -0.05) is 6.07 Å². The van der Waals surface area contributed by atoms with Gasteiger partial charge in [-0.2, -0.15) is 0 Å². The normalized spacial score (nSPS) is 18.0. The molecule has 0 aliphatic carbocycles. The van der Waals surface area contributed by atoms with Gasteiger partial charge in [0.15, 0.2) is 0 Å². The Labute approximate surface area is 156 Å². The van der Waals surface area contributed by atoms with Crippen LogP contribution in [0.25, 0.3) is 0 Å². The summed E-state index contributed by atoms with van der Waals surface area (Å²) in [5.74, 6) is -0.691. The first-order valence-electron chi connectivity index (χ1n) is 8.38. The number of carbonyl (C=O) groups is 2. The van der Waals surface area contributed by atoms with Crippen LogP contribution in [0.2, 0.25) is 0 Å². The highest BCUT2D eigenvalue weighted by atomic mass is 32.2. The summed E-state index contributed by atoms with van der Waals surface area (Å²) >= 11 is 1.64. The molecule has 2 amide bonds. The van der Waals surface area contributed by atoms with Gasteiger partial charge in [0.05, 0.1) is 12.0 Å². The van der Waals surface area contributed by atoms with Crippen molar-refractivity contribution in [1.82, 2.24) is 10.3 Å². The molecule has 0 saturated carbocycles. The third-order valence-electron chi connectivity index (χ3n) is 4.42. The van der Waals surface area contributed by atoms with Gasteiger partial charge in [-0.25, -0.2) is 0 Å². The van der Waals surface area contributed by atoms with Gasteiger partial charge in [-0.15, -0.1) is 11.8 Å². The number of amides is 2. The molecule has 0 unspecified atom stereocenters. The molecule has 1 aromatic heterocycles. The number of thioether (sulfide) groups is 1. The van der Waals surface area contributed by atoms with Crippen molar-refractivity contribution in [3.8, 4) is 0 Å². The highest BCUT2D eigenvalue weighted by Gasteiger charge is 2.35. The van der Waals surface area contributed by atoms with Crippen LogP contribution in [0.3, 0.4) is 0 Å². The number of benzene rings is 1. The van der Waals surface area contributed by atoms with Crippen molar-refractivity contribution in [2.24, 2.45) is 5.92 Å². The van der Waals surface area contributed by atoms with Crippen LogP contribution < -0.4 is 10.2 Å². The number of aliphatic hydroxyl groups is 1. The van der Waals surface area contributed by atoms with E-state index < -0.39 is 12.0 Å². The maximum atomic E-state index is 12.4. The maximum absolute atomic E-state index is 12.4. The molecule has 26 heavy (non-hydrogen) atoms. The van der Waals surface area contributed by atoms with Crippen LogP contribution >= 0.6 is 11.8 Å². The van der Waals surface area contributed by atoms with Gasteiger partial charge < -0.3 is 15.3 Å². The second kappa shape index (κ2) is 8.33. The highest BCUT2D eigenvalue weighted by molar-refractivity contribution is 7.98. The summed E-state index contributed by atoms with van der Waals surface area (Å²) in [4.78, 5) is 31.4. The van der Waals surface area contributed by atoms with Crippen LogP contribution in [0.4, 0.5) is 5.69 Å². The van der Waals surface area contributed by atoms with E-state index in [1.54, 1.807) is 41.2 Å². The van der Waals surface area contributed by atoms with Crippen molar-refractivity contribution >= 4 is 29.3 Å². The zero-order valence-electron chi connectivity index (χ0n) is 14.5. The summed E-state index contributed by atoms with van der Waals surface area (Å²) in [6.45, 7) is 0.448. The molecule has 2 aromatic rings.